The van der Waals surface area contributed by atoms with Crippen LogP contribution in [-0.2, 0) is 15.8 Å². The van der Waals surface area contributed by atoms with Crippen molar-refractivity contribution in [1.82, 2.24) is 5.32 Å². The van der Waals surface area contributed by atoms with E-state index in [0.29, 0.717) is 5.57 Å². The summed E-state index contributed by atoms with van der Waals surface area (Å²) in [6.07, 6.45) is -3.88. The average Bonchev–Trinajstić information content (AvgIpc) is 3.01. The van der Waals surface area contributed by atoms with Gasteiger partial charge in [-0.1, -0.05) is 17.8 Å². The number of azo groups is 1. The van der Waals surface area contributed by atoms with Crippen molar-refractivity contribution in [3.63, 3.8) is 0 Å². The van der Waals surface area contributed by atoms with Crippen LogP contribution in [0.2, 0.25) is 0 Å². The van der Waals surface area contributed by atoms with E-state index in [1.54, 1.807) is 0 Å². The van der Waals surface area contributed by atoms with Gasteiger partial charge in [0, 0.05) is 5.69 Å². The number of halogens is 3. The summed E-state index contributed by atoms with van der Waals surface area (Å²) in [5.74, 6) is -1.07. The predicted octanol–water partition coefficient (Wildman–Crippen LogP) is 2.54. The van der Waals surface area contributed by atoms with Crippen LogP contribution in [-0.4, -0.2) is 28.9 Å². The Morgan fingerprint density at radius 3 is 2.92 bits per heavy atom. The third kappa shape index (κ3) is 4.05. The highest BCUT2D eigenvalue weighted by Gasteiger charge is 2.31. The maximum absolute atomic E-state index is 12.6. The molecule has 0 spiro atoms. The Bertz CT molecular complexity index is 819. The maximum atomic E-state index is 12.6. The second kappa shape index (κ2) is 6.67. The van der Waals surface area contributed by atoms with Gasteiger partial charge in [-0.05, 0) is 18.2 Å². The van der Waals surface area contributed by atoms with Crippen LogP contribution in [0.25, 0.3) is 0 Å². The summed E-state index contributed by atoms with van der Waals surface area (Å²) in [6, 6.07) is 4.32. The molecule has 7 nitrogen and oxygen atoms in total. The van der Waals surface area contributed by atoms with E-state index < -0.39 is 29.7 Å². The SMILES string of the molecule is O=C(CSC1=NC2N=NC=C2C(=O)N1)Nc1cccc(C(F)(F)F)c1. The molecule has 25 heavy (non-hydrogen) atoms. The molecule has 0 saturated heterocycles. The largest absolute Gasteiger partial charge is 0.416 e. The normalized spacial score (nSPS) is 19.0. The second-order valence-corrected chi connectivity index (χ2v) is 5.96. The van der Waals surface area contributed by atoms with Crippen LogP contribution in [0, 0.1) is 0 Å². The van der Waals surface area contributed by atoms with Crippen LogP contribution in [0.3, 0.4) is 0 Å². The van der Waals surface area contributed by atoms with E-state index >= 15 is 0 Å². The lowest BCUT2D eigenvalue weighted by Crippen LogP contribution is -2.38. The number of fused-ring (bicyclic) bond motifs is 1. The molecule has 0 aromatic heterocycles. The van der Waals surface area contributed by atoms with E-state index in [1.165, 1.54) is 18.3 Å². The fourth-order valence-corrected chi connectivity index (χ4v) is 2.73. The molecule has 1 aromatic rings. The zero-order chi connectivity index (χ0) is 18.0. The molecule has 3 rings (SSSR count). The van der Waals surface area contributed by atoms with E-state index in [-0.39, 0.29) is 16.6 Å². The van der Waals surface area contributed by atoms with Gasteiger partial charge in [-0.25, -0.2) is 4.99 Å². The Hall–Kier alpha value is -2.69. The van der Waals surface area contributed by atoms with E-state index in [0.717, 1.165) is 23.9 Å². The topological polar surface area (TPSA) is 95.3 Å². The fourth-order valence-electron chi connectivity index (χ4n) is 2.05. The molecule has 2 aliphatic rings. The minimum atomic E-state index is -4.49. The van der Waals surface area contributed by atoms with E-state index in [1.807, 2.05) is 0 Å². The number of amidine groups is 1. The summed E-state index contributed by atoms with van der Waals surface area (Å²) in [4.78, 5) is 27.8. The highest BCUT2D eigenvalue weighted by molar-refractivity contribution is 8.14. The number of carbonyl (C=O) groups excluding carboxylic acids is 2. The average molecular weight is 369 g/mol. The van der Waals surface area contributed by atoms with Crippen molar-refractivity contribution in [3.8, 4) is 0 Å². The highest BCUT2D eigenvalue weighted by Crippen LogP contribution is 2.30. The third-order valence-electron chi connectivity index (χ3n) is 3.19. The molecule has 2 amide bonds. The van der Waals surface area contributed by atoms with Gasteiger partial charge in [0.2, 0.25) is 5.91 Å². The Labute approximate surface area is 143 Å². The number of alkyl halides is 3. The summed E-state index contributed by atoms with van der Waals surface area (Å²) in [5.41, 5.74) is -0.504. The first-order chi connectivity index (χ1) is 11.8. The van der Waals surface area contributed by atoms with E-state index in [9.17, 15) is 22.8 Å². The fraction of sp³-hybridized carbons (Fsp3) is 0.214. The molecule has 1 unspecified atom stereocenters. The molecule has 1 atom stereocenters. The molecule has 0 fully saturated rings. The number of thioether (sulfide) groups is 1. The van der Waals surface area contributed by atoms with Gasteiger partial charge in [0.1, 0.15) is 0 Å². The van der Waals surface area contributed by atoms with Crippen LogP contribution >= 0.6 is 11.8 Å². The van der Waals surface area contributed by atoms with Crippen LogP contribution in [0.1, 0.15) is 5.56 Å². The van der Waals surface area contributed by atoms with Crippen molar-refractivity contribution in [2.75, 3.05) is 11.1 Å². The molecule has 0 bridgehead atoms. The van der Waals surface area contributed by atoms with Crippen LogP contribution in [0.5, 0.6) is 0 Å². The molecular formula is C14H10F3N5O2S. The molecule has 11 heteroatoms. The summed E-state index contributed by atoms with van der Waals surface area (Å²) < 4.78 is 37.9. The predicted molar refractivity (Wildman–Crippen MR) is 84.8 cm³/mol. The van der Waals surface area contributed by atoms with Gasteiger partial charge in [0.05, 0.1) is 23.1 Å². The summed E-state index contributed by atoms with van der Waals surface area (Å²) in [7, 11) is 0. The number of amides is 2. The Kier molecular flexibility index (Phi) is 4.57. The number of benzene rings is 1. The number of hydrogen-bond acceptors (Lipinski definition) is 6. The zero-order valence-corrected chi connectivity index (χ0v) is 13.2. The van der Waals surface area contributed by atoms with Crippen molar-refractivity contribution in [2.24, 2.45) is 15.2 Å². The number of anilines is 1. The lowest BCUT2D eigenvalue weighted by molar-refractivity contribution is -0.137. The summed E-state index contributed by atoms with van der Waals surface area (Å²) >= 11 is 0.942. The van der Waals surface area contributed by atoms with Gasteiger partial charge in [-0.3, -0.25) is 9.59 Å². The molecule has 2 aliphatic heterocycles. The van der Waals surface area contributed by atoms with Gasteiger partial charge in [-0.2, -0.15) is 23.4 Å². The van der Waals surface area contributed by atoms with Gasteiger partial charge in [0.15, 0.2) is 11.3 Å². The van der Waals surface area contributed by atoms with Crippen LogP contribution in [0.15, 0.2) is 51.3 Å². The molecule has 130 valence electrons. The first kappa shape index (κ1) is 17.1. The Morgan fingerprint density at radius 2 is 2.16 bits per heavy atom. The van der Waals surface area contributed by atoms with Crippen molar-refractivity contribution >= 4 is 34.4 Å². The van der Waals surface area contributed by atoms with Crippen molar-refractivity contribution in [1.29, 1.82) is 0 Å². The third-order valence-corrected chi connectivity index (χ3v) is 4.07. The smallest absolute Gasteiger partial charge is 0.325 e. The highest BCUT2D eigenvalue weighted by atomic mass is 32.2. The quantitative estimate of drug-likeness (QED) is 0.857. The van der Waals surface area contributed by atoms with E-state index in [4.69, 9.17) is 0 Å². The van der Waals surface area contributed by atoms with Gasteiger partial charge in [-0.15, -0.1) is 0 Å². The molecule has 0 radical (unpaired) electrons. The van der Waals surface area contributed by atoms with Gasteiger partial charge < -0.3 is 10.6 Å². The Morgan fingerprint density at radius 1 is 1.36 bits per heavy atom. The second-order valence-electron chi connectivity index (χ2n) is 4.99. The van der Waals surface area contributed by atoms with E-state index in [2.05, 4.69) is 25.9 Å². The molecule has 1 aromatic carbocycles. The van der Waals surface area contributed by atoms with Gasteiger partial charge in [0.25, 0.3) is 5.91 Å². The monoisotopic (exact) mass is 369 g/mol. The minimum absolute atomic E-state index is 0.0323. The Balaban J connectivity index is 1.58. The number of nitrogens with zero attached hydrogens (tertiary/aromatic N) is 3. The summed E-state index contributed by atoms with van der Waals surface area (Å²) in [6.45, 7) is 0. The molecule has 2 N–H and O–H groups in total. The number of rotatable bonds is 3. The zero-order valence-electron chi connectivity index (χ0n) is 12.4. The maximum Gasteiger partial charge on any atom is 0.416 e. The first-order valence-electron chi connectivity index (χ1n) is 6.92. The number of hydrogen-bond donors (Lipinski definition) is 2. The van der Waals surface area contributed by atoms with Crippen molar-refractivity contribution in [2.45, 2.75) is 12.3 Å². The number of carbonyl (C=O) groups is 2. The molecular weight excluding hydrogens is 359 g/mol. The first-order valence-corrected chi connectivity index (χ1v) is 7.90. The van der Waals surface area contributed by atoms with Crippen molar-refractivity contribution < 1.29 is 22.8 Å². The summed E-state index contributed by atoms with van der Waals surface area (Å²) in [5, 5.41) is 12.4. The number of aliphatic imine (C=N–C) groups is 1. The molecule has 0 aliphatic carbocycles. The lowest BCUT2D eigenvalue weighted by atomic mass is 10.2. The lowest BCUT2D eigenvalue weighted by Gasteiger charge is -2.17. The van der Waals surface area contributed by atoms with Crippen LogP contribution in [0.4, 0.5) is 18.9 Å². The molecule has 2 heterocycles. The van der Waals surface area contributed by atoms with Gasteiger partial charge >= 0.3 is 6.18 Å². The molecule has 0 saturated carbocycles. The number of nitrogens with one attached hydrogen (secondary N) is 2. The van der Waals surface area contributed by atoms with Crippen LogP contribution < -0.4 is 10.6 Å². The van der Waals surface area contributed by atoms with Crippen molar-refractivity contribution in [3.05, 3.63) is 41.6 Å². The minimum Gasteiger partial charge on any atom is -0.325 e. The standard InChI is InChI=1S/C14H10F3N5O2S/c15-14(16,17)7-2-1-3-8(4-7)19-10(23)6-25-13-20-11-9(5-18-22-11)12(24)21-13/h1-5,11H,6H2,(H,19,23)(H,20,21,24).